The van der Waals surface area contributed by atoms with Crippen molar-refractivity contribution in [2.45, 2.75) is 32.6 Å². The van der Waals surface area contributed by atoms with E-state index in [4.69, 9.17) is 0 Å². The number of benzene rings is 2. The summed E-state index contributed by atoms with van der Waals surface area (Å²) in [4.78, 5) is 0. The quantitative estimate of drug-likeness (QED) is 0.560. The summed E-state index contributed by atoms with van der Waals surface area (Å²) in [5.74, 6) is 3.99. The van der Waals surface area contributed by atoms with Crippen molar-refractivity contribution >= 4 is 24.7 Å². The molecule has 0 amide bonds. The SMILES string of the molecule is CNS(=O)CCc1ccc(NCc2ccccc2)c(C#C[Si](C)(C)C)c1. The highest BCUT2D eigenvalue weighted by molar-refractivity contribution is 7.82. The Kier molecular flexibility index (Phi) is 7.64. The largest absolute Gasteiger partial charge is 0.380 e. The Morgan fingerprint density at radius 3 is 2.42 bits per heavy atom. The minimum absolute atomic E-state index is 0.605. The van der Waals surface area contributed by atoms with E-state index in [-0.39, 0.29) is 0 Å². The Morgan fingerprint density at radius 1 is 1.04 bits per heavy atom. The van der Waals surface area contributed by atoms with E-state index in [1.165, 1.54) is 11.1 Å². The van der Waals surface area contributed by atoms with E-state index in [2.05, 4.69) is 71.5 Å². The van der Waals surface area contributed by atoms with Crippen LogP contribution in [0.5, 0.6) is 0 Å². The van der Waals surface area contributed by atoms with Gasteiger partial charge in [0.05, 0.1) is 16.7 Å². The van der Waals surface area contributed by atoms with E-state index in [0.717, 1.165) is 24.2 Å². The fourth-order valence-corrected chi connectivity index (χ4v) is 3.50. The van der Waals surface area contributed by atoms with Gasteiger partial charge in [0.1, 0.15) is 8.07 Å². The van der Waals surface area contributed by atoms with Gasteiger partial charge in [0.15, 0.2) is 0 Å². The van der Waals surface area contributed by atoms with Crippen molar-refractivity contribution in [2.24, 2.45) is 0 Å². The van der Waals surface area contributed by atoms with E-state index in [1.54, 1.807) is 7.05 Å². The summed E-state index contributed by atoms with van der Waals surface area (Å²) >= 11 is 0. The zero-order valence-electron chi connectivity index (χ0n) is 16.1. The number of nitrogens with one attached hydrogen (secondary N) is 2. The Labute approximate surface area is 161 Å². The van der Waals surface area contributed by atoms with E-state index < -0.39 is 19.1 Å². The molecule has 1 atom stereocenters. The first-order chi connectivity index (χ1) is 12.4. The molecule has 0 aliphatic rings. The number of hydrogen-bond acceptors (Lipinski definition) is 2. The van der Waals surface area contributed by atoms with Gasteiger partial charge in [-0.1, -0.05) is 62.0 Å². The number of anilines is 1. The summed E-state index contributed by atoms with van der Waals surface area (Å²) in [7, 11) is -0.717. The number of hydrogen-bond donors (Lipinski definition) is 2. The summed E-state index contributed by atoms with van der Waals surface area (Å²) in [5, 5.41) is 3.51. The fourth-order valence-electron chi connectivity index (χ4n) is 2.37. The second-order valence-corrected chi connectivity index (χ2v) is 13.5. The van der Waals surface area contributed by atoms with Gasteiger partial charge in [-0.3, -0.25) is 0 Å². The maximum Gasteiger partial charge on any atom is 0.129 e. The lowest BCUT2D eigenvalue weighted by Gasteiger charge is -2.12. The lowest BCUT2D eigenvalue weighted by Crippen LogP contribution is -2.16. The molecule has 5 heteroatoms. The molecule has 2 aromatic carbocycles. The van der Waals surface area contributed by atoms with Crippen molar-refractivity contribution in [2.75, 3.05) is 18.1 Å². The van der Waals surface area contributed by atoms with Gasteiger partial charge < -0.3 is 5.32 Å². The lowest BCUT2D eigenvalue weighted by molar-refractivity contribution is 0.677. The first-order valence-electron chi connectivity index (χ1n) is 8.87. The normalized spacial score (nSPS) is 12.2. The van der Waals surface area contributed by atoms with Gasteiger partial charge in [-0.15, -0.1) is 5.54 Å². The molecule has 3 nitrogen and oxygen atoms in total. The molecule has 1 unspecified atom stereocenters. The minimum atomic E-state index is -1.46. The van der Waals surface area contributed by atoms with Gasteiger partial charge in [-0.2, -0.15) is 0 Å². The third-order valence-corrected chi connectivity index (χ3v) is 5.69. The van der Waals surface area contributed by atoms with Crippen LogP contribution in [-0.4, -0.2) is 25.1 Å². The van der Waals surface area contributed by atoms with Crippen molar-refractivity contribution in [3.63, 3.8) is 0 Å². The first kappa shape index (κ1) is 20.4. The molecule has 0 saturated heterocycles. The van der Waals surface area contributed by atoms with Crippen LogP contribution in [0.1, 0.15) is 16.7 Å². The molecule has 0 bridgehead atoms. The lowest BCUT2D eigenvalue weighted by atomic mass is 10.1. The summed E-state index contributed by atoms with van der Waals surface area (Å²) in [6, 6.07) is 16.7. The van der Waals surface area contributed by atoms with Crippen LogP contribution in [-0.2, 0) is 24.0 Å². The number of rotatable bonds is 7. The standard InChI is InChI=1S/C21H28N2OSSi/c1-22-25(24)14-12-18-10-11-21(20(16-18)13-15-26(2,3)4)23-17-19-8-6-5-7-9-19/h5-11,16,22-23H,12,14,17H2,1-4H3. The van der Waals surface area contributed by atoms with E-state index in [1.807, 2.05) is 18.2 Å². The second-order valence-electron chi connectivity index (χ2n) is 7.22. The van der Waals surface area contributed by atoms with Gasteiger partial charge >= 0.3 is 0 Å². The molecule has 0 radical (unpaired) electrons. The predicted molar refractivity (Wildman–Crippen MR) is 116 cm³/mol. The molecule has 2 rings (SSSR count). The van der Waals surface area contributed by atoms with Gasteiger partial charge in [0.25, 0.3) is 0 Å². The maximum atomic E-state index is 11.6. The smallest absolute Gasteiger partial charge is 0.129 e. The molecule has 0 aliphatic carbocycles. The maximum absolute atomic E-state index is 11.6. The minimum Gasteiger partial charge on any atom is -0.380 e. The monoisotopic (exact) mass is 384 g/mol. The molecule has 26 heavy (non-hydrogen) atoms. The second kappa shape index (κ2) is 9.72. The molecule has 2 aromatic rings. The van der Waals surface area contributed by atoms with Crippen molar-refractivity contribution in [1.82, 2.24) is 4.72 Å². The van der Waals surface area contributed by atoms with Crippen LogP contribution in [0.15, 0.2) is 48.5 Å². The molecule has 0 fully saturated rings. The Bertz CT molecular complexity index is 804. The first-order valence-corrected chi connectivity index (χ1v) is 13.7. The third-order valence-electron chi connectivity index (χ3n) is 3.79. The third kappa shape index (κ3) is 7.16. The van der Waals surface area contributed by atoms with Crippen LogP contribution in [0.4, 0.5) is 5.69 Å². The van der Waals surface area contributed by atoms with Crippen LogP contribution in [0.25, 0.3) is 0 Å². The molecule has 2 N–H and O–H groups in total. The highest BCUT2D eigenvalue weighted by Crippen LogP contribution is 2.19. The van der Waals surface area contributed by atoms with Gasteiger partial charge in [-0.25, -0.2) is 8.93 Å². The molecule has 0 aromatic heterocycles. The van der Waals surface area contributed by atoms with Crippen LogP contribution in [0.3, 0.4) is 0 Å². The van der Waals surface area contributed by atoms with Crippen LogP contribution in [0, 0.1) is 11.5 Å². The summed E-state index contributed by atoms with van der Waals surface area (Å²) in [6.45, 7) is 7.51. The summed E-state index contributed by atoms with van der Waals surface area (Å²) < 4.78 is 14.4. The summed E-state index contributed by atoms with van der Waals surface area (Å²) in [6.07, 6.45) is 0.772. The molecular formula is C21H28N2OSSi. The van der Waals surface area contributed by atoms with Crippen molar-refractivity contribution in [3.8, 4) is 11.5 Å². The Balaban J connectivity index is 2.21. The fraction of sp³-hybridized carbons (Fsp3) is 0.333. The highest BCUT2D eigenvalue weighted by atomic mass is 32.2. The molecule has 0 spiro atoms. The zero-order valence-corrected chi connectivity index (χ0v) is 17.9. The van der Waals surface area contributed by atoms with Gasteiger partial charge in [0.2, 0.25) is 0 Å². The highest BCUT2D eigenvalue weighted by Gasteiger charge is 2.09. The zero-order chi connectivity index (χ0) is 19.0. The van der Waals surface area contributed by atoms with E-state index >= 15 is 0 Å². The van der Waals surface area contributed by atoms with Gasteiger partial charge in [-0.05, 0) is 36.7 Å². The van der Waals surface area contributed by atoms with E-state index in [9.17, 15) is 4.21 Å². The molecule has 138 valence electrons. The van der Waals surface area contributed by atoms with Crippen LogP contribution in [0.2, 0.25) is 19.6 Å². The van der Waals surface area contributed by atoms with Crippen LogP contribution >= 0.6 is 0 Å². The Hall–Kier alpha value is -1.87. The molecule has 0 aliphatic heterocycles. The average molecular weight is 385 g/mol. The van der Waals surface area contributed by atoms with Crippen molar-refractivity contribution < 1.29 is 4.21 Å². The summed E-state index contributed by atoms with van der Waals surface area (Å²) in [5.41, 5.74) is 7.94. The molecular weight excluding hydrogens is 356 g/mol. The van der Waals surface area contributed by atoms with Crippen molar-refractivity contribution in [1.29, 1.82) is 0 Å². The van der Waals surface area contributed by atoms with Crippen LogP contribution < -0.4 is 10.0 Å². The molecule has 0 heterocycles. The topological polar surface area (TPSA) is 41.1 Å². The van der Waals surface area contributed by atoms with Gasteiger partial charge in [0, 0.05) is 17.9 Å². The predicted octanol–water partition coefficient (Wildman–Crippen LogP) is 3.95. The average Bonchev–Trinajstić information content (AvgIpc) is 2.63. The van der Waals surface area contributed by atoms with Crippen molar-refractivity contribution in [3.05, 3.63) is 65.2 Å². The Morgan fingerprint density at radius 2 is 1.77 bits per heavy atom. The number of aryl methyl sites for hydroxylation is 1. The van der Waals surface area contributed by atoms with E-state index in [0.29, 0.717) is 5.75 Å². The molecule has 0 saturated carbocycles.